The van der Waals surface area contributed by atoms with Crippen molar-refractivity contribution in [3.8, 4) is 0 Å². The molecule has 4 heteroatoms. The number of hydrogen-bond acceptors (Lipinski definition) is 2. The van der Waals surface area contributed by atoms with Crippen molar-refractivity contribution in [3.63, 3.8) is 0 Å². The van der Waals surface area contributed by atoms with Crippen LogP contribution in [0.15, 0.2) is 16.9 Å². The van der Waals surface area contributed by atoms with Crippen molar-refractivity contribution in [1.29, 1.82) is 0 Å². The van der Waals surface area contributed by atoms with E-state index in [2.05, 4.69) is 27.7 Å². The number of hydrogen-bond donors (Lipinski definition) is 1. The molecule has 1 aromatic rings. The molecule has 0 saturated heterocycles. The molecule has 0 amide bonds. The fourth-order valence-electron chi connectivity index (χ4n) is 2.38. The van der Waals surface area contributed by atoms with E-state index in [0.29, 0.717) is 11.6 Å². The van der Waals surface area contributed by atoms with Crippen LogP contribution in [-0.2, 0) is 6.42 Å². The molecular formula is C14H24NNaO2. The first kappa shape index (κ1) is 17.8. The third kappa shape index (κ3) is 5.59. The first-order chi connectivity index (χ1) is 7.69. The molecule has 1 heterocycles. The molecule has 0 fully saturated rings. The normalized spacial score (nSPS) is 12.9. The van der Waals surface area contributed by atoms with Crippen LogP contribution in [0.25, 0.3) is 0 Å². The van der Waals surface area contributed by atoms with E-state index >= 15 is 0 Å². The average Bonchev–Trinajstić information content (AvgIpc) is 2.10. The van der Waals surface area contributed by atoms with Crippen molar-refractivity contribution in [2.24, 2.45) is 11.3 Å². The van der Waals surface area contributed by atoms with Gasteiger partial charge in [0.05, 0.1) is 5.69 Å². The monoisotopic (exact) mass is 261 g/mol. The fraction of sp³-hybridized carbons (Fsp3) is 0.643. The quantitative estimate of drug-likeness (QED) is 0.670. The summed E-state index contributed by atoms with van der Waals surface area (Å²) >= 11 is 0. The van der Waals surface area contributed by atoms with Crippen molar-refractivity contribution in [2.75, 3.05) is 0 Å². The van der Waals surface area contributed by atoms with Crippen LogP contribution in [0, 0.1) is 18.3 Å². The van der Waals surface area contributed by atoms with Gasteiger partial charge in [0.2, 0.25) is 0 Å². The Hall–Kier alpha value is -0.250. The standard InChI is InChI=1S/C14H23NO2.Na.H/c1-10-6-12(15(17)13(16)8-10)7-11(2)9-14(3,4)5;;/h6,8,11,17H,7,9H2,1-5H3;;. The Bertz CT molecular complexity index is 446. The topological polar surface area (TPSA) is 42.2 Å². The van der Waals surface area contributed by atoms with Crippen molar-refractivity contribution >= 4 is 29.6 Å². The Morgan fingerprint density at radius 2 is 1.89 bits per heavy atom. The molecule has 0 aromatic carbocycles. The van der Waals surface area contributed by atoms with Gasteiger partial charge in [0, 0.05) is 6.07 Å². The predicted octanol–water partition coefficient (Wildman–Crippen LogP) is 2.36. The van der Waals surface area contributed by atoms with E-state index in [1.165, 1.54) is 6.07 Å². The van der Waals surface area contributed by atoms with Crippen molar-refractivity contribution in [1.82, 2.24) is 4.73 Å². The van der Waals surface area contributed by atoms with E-state index in [1.54, 1.807) is 0 Å². The van der Waals surface area contributed by atoms with Gasteiger partial charge in [0.15, 0.2) is 0 Å². The Morgan fingerprint density at radius 1 is 1.33 bits per heavy atom. The van der Waals surface area contributed by atoms with Crippen LogP contribution in [0.2, 0.25) is 0 Å². The van der Waals surface area contributed by atoms with E-state index in [0.717, 1.165) is 23.1 Å². The summed E-state index contributed by atoms with van der Waals surface area (Å²) in [5.74, 6) is 0.439. The molecule has 1 aromatic heterocycles. The average molecular weight is 261 g/mol. The molecule has 3 nitrogen and oxygen atoms in total. The summed E-state index contributed by atoms with van der Waals surface area (Å²) in [7, 11) is 0. The molecule has 0 aliphatic rings. The molecule has 0 aliphatic carbocycles. The molecule has 1 N–H and O–H groups in total. The van der Waals surface area contributed by atoms with Crippen molar-refractivity contribution in [3.05, 3.63) is 33.7 Å². The van der Waals surface area contributed by atoms with E-state index in [-0.39, 0.29) is 40.5 Å². The third-order valence-electron chi connectivity index (χ3n) is 2.74. The zero-order valence-electron chi connectivity index (χ0n) is 11.4. The Balaban J connectivity index is 0.00000289. The Labute approximate surface area is 131 Å². The van der Waals surface area contributed by atoms with E-state index in [1.807, 2.05) is 13.0 Å². The van der Waals surface area contributed by atoms with Gasteiger partial charge in [-0.2, -0.15) is 4.73 Å². The SMILES string of the molecule is Cc1cc(CC(C)CC(C)(C)C)n(O)c(=O)c1.[NaH]. The second kappa shape index (κ2) is 6.78. The van der Waals surface area contributed by atoms with Crippen LogP contribution in [0.3, 0.4) is 0 Å². The third-order valence-corrected chi connectivity index (χ3v) is 2.74. The number of aryl methyl sites for hydroxylation is 1. The van der Waals surface area contributed by atoms with Crippen LogP contribution >= 0.6 is 0 Å². The number of aromatic nitrogens is 1. The fourth-order valence-corrected chi connectivity index (χ4v) is 2.38. The number of rotatable bonds is 3. The molecule has 1 rings (SSSR count). The molecule has 98 valence electrons. The molecule has 0 bridgehead atoms. The first-order valence-electron chi connectivity index (χ1n) is 6.11. The minimum absolute atomic E-state index is 0. The molecule has 1 unspecified atom stereocenters. The zero-order valence-corrected chi connectivity index (χ0v) is 11.4. The van der Waals surface area contributed by atoms with Crippen LogP contribution < -0.4 is 5.56 Å². The summed E-state index contributed by atoms with van der Waals surface area (Å²) < 4.78 is 0.770. The van der Waals surface area contributed by atoms with Crippen LogP contribution in [-0.4, -0.2) is 39.5 Å². The molecule has 0 saturated carbocycles. The second-order valence-electron chi connectivity index (χ2n) is 6.25. The van der Waals surface area contributed by atoms with E-state index in [9.17, 15) is 10.0 Å². The summed E-state index contributed by atoms with van der Waals surface area (Å²) in [4.78, 5) is 11.4. The summed E-state index contributed by atoms with van der Waals surface area (Å²) in [5, 5.41) is 9.67. The van der Waals surface area contributed by atoms with Crippen molar-refractivity contribution in [2.45, 2.75) is 47.5 Å². The maximum atomic E-state index is 11.4. The minimum atomic E-state index is -0.344. The van der Waals surface area contributed by atoms with E-state index in [4.69, 9.17) is 0 Å². The summed E-state index contributed by atoms with van der Waals surface area (Å²) in [6, 6.07) is 3.32. The zero-order chi connectivity index (χ0) is 13.2. The van der Waals surface area contributed by atoms with Crippen LogP contribution in [0.1, 0.15) is 45.4 Å². The Kier molecular flexibility index (Phi) is 6.69. The van der Waals surface area contributed by atoms with Gasteiger partial charge in [0.25, 0.3) is 5.56 Å². The predicted molar refractivity (Wildman–Crippen MR) is 76.7 cm³/mol. The van der Waals surface area contributed by atoms with Gasteiger partial charge >= 0.3 is 29.6 Å². The van der Waals surface area contributed by atoms with Gasteiger partial charge in [0.1, 0.15) is 0 Å². The molecular weight excluding hydrogens is 237 g/mol. The van der Waals surface area contributed by atoms with Gasteiger partial charge in [-0.15, -0.1) is 0 Å². The van der Waals surface area contributed by atoms with Gasteiger partial charge in [-0.05, 0) is 42.7 Å². The van der Waals surface area contributed by atoms with E-state index < -0.39 is 0 Å². The van der Waals surface area contributed by atoms with Gasteiger partial charge in [-0.1, -0.05) is 27.7 Å². The van der Waals surface area contributed by atoms with Crippen LogP contribution in [0.5, 0.6) is 0 Å². The summed E-state index contributed by atoms with van der Waals surface area (Å²) in [6.45, 7) is 10.6. The van der Waals surface area contributed by atoms with Crippen molar-refractivity contribution < 1.29 is 5.21 Å². The molecule has 18 heavy (non-hydrogen) atoms. The van der Waals surface area contributed by atoms with Gasteiger partial charge in [-0.3, -0.25) is 4.79 Å². The molecule has 0 aliphatic heterocycles. The molecule has 0 spiro atoms. The maximum absolute atomic E-state index is 11.4. The first-order valence-corrected chi connectivity index (χ1v) is 6.11. The molecule has 0 radical (unpaired) electrons. The van der Waals surface area contributed by atoms with Gasteiger partial charge in [-0.25, -0.2) is 0 Å². The second-order valence-corrected chi connectivity index (χ2v) is 6.25. The summed E-state index contributed by atoms with van der Waals surface area (Å²) in [5.41, 5.74) is 1.53. The summed E-state index contributed by atoms with van der Waals surface area (Å²) in [6.07, 6.45) is 1.79. The number of pyridine rings is 1. The molecule has 1 atom stereocenters. The number of nitrogens with zero attached hydrogens (tertiary/aromatic N) is 1. The van der Waals surface area contributed by atoms with Crippen LogP contribution in [0.4, 0.5) is 0 Å². The van der Waals surface area contributed by atoms with Gasteiger partial charge < -0.3 is 5.21 Å². The Morgan fingerprint density at radius 3 is 2.39 bits per heavy atom.